The average molecular weight is 368 g/mol. The van der Waals surface area contributed by atoms with Gasteiger partial charge in [-0.05, 0) is 31.6 Å². The van der Waals surface area contributed by atoms with Crippen molar-refractivity contribution in [3.05, 3.63) is 0 Å². The molecular weight excluding hydrogens is 348 g/mol. The lowest BCUT2D eigenvalue weighted by Gasteiger charge is -2.30. The number of likely N-dealkylation sites (tertiary alicyclic amines) is 1. The van der Waals surface area contributed by atoms with Crippen molar-refractivity contribution in [1.82, 2.24) is 9.96 Å². The van der Waals surface area contributed by atoms with Gasteiger partial charge in [-0.3, -0.25) is 24.1 Å². The van der Waals surface area contributed by atoms with Gasteiger partial charge in [-0.1, -0.05) is 0 Å². The fourth-order valence-electron chi connectivity index (χ4n) is 3.52. The maximum absolute atomic E-state index is 12.1. The Morgan fingerprint density at radius 1 is 1.00 bits per heavy atom. The molecule has 0 aromatic heterocycles. The molecule has 0 aromatic carbocycles. The van der Waals surface area contributed by atoms with Gasteiger partial charge in [-0.25, -0.2) is 4.79 Å². The van der Waals surface area contributed by atoms with Gasteiger partial charge in [0.25, 0.3) is 11.8 Å². The summed E-state index contributed by atoms with van der Waals surface area (Å²) in [7, 11) is 0. The van der Waals surface area contributed by atoms with E-state index in [1.165, 1.54) is 4.90 Å². The van der Waals surface area contributed by atoms with E-state index in [4.69, 9.17) is 4.84 Å². The molecule has 3 aliphatic rings. The second kappa shape index (κ2) is 7.15. The van der Waals surface area contributed by atoms with Gasteiger partial charge in [0.2, 0.25) is 11.8 Å². The predicted molar refractivity (Wildman–Crippen MR) is 86.7 cm³/mol. The molecule has 4 amide bonds. The van der Waals surface area contributed by atoms with Crippen LogP contribution in [0.4, 0.5) is 0 Å². The van der Waals surface area contributed by atoms with Gasteiger partial charge in [-0.15, -0.1) is 5.06 Å². The Hall–Kier alpha value is -1.90. The number of carbonyl (C=O) groups excluding carboxylic acids is 5. The highest BCUT2D eigenvalue weighted by Gasteiger charge is 2.39. The van der Waals surface area contributed by atoms with E-state index in [0.29, 0.717) is 37.3 Å². The van der Waals surface area contributed by atoms with Crippen LogP contribution in [0.15, 0.2) is 0 Å². The van der Waals surface area contributed by atoms with Crippen molar-refractivity contribution < 1.29 is 28.8 Å². The topological polar surface area (TPSA) is 101 Å². The Bertz CT molecular complexity index is 612. The summed E-state index contributed by atoms with van der Waals surface area (Å²) in [5.41, 5.74) is 0. The molecule has 8 nitrogen and oxygen atoms in total. The van der Waals surface area contributed by atoms with E-state index in [1.807, 2.05) is 0 Å². The number of hydrogen-bond acceptors (Lipinski definition) is 7. The first kappa shape index (κ1) is 17.9. The number of hydroxylamine groups is 2. The highest BCUT2D eigenvalue weighted by atomic mass is 32.1. The molecule has 136 valence electrons. The zero-order valence-corrected chi connectivity index (χ0v) is 14.6. The Balaban J connectivity index is 1.48. The fraction of sp³-hybridized carbons (Fsp3) is 0.688. The highest BCUT2D eigenvalue weighted by Crippen LogP contribution is 2.32. The van der Waals surface area contributed by atoms with Crippen molar-refractivity contribution in [2.45, 2.75) is 50.2 Å². The first-order valence-corrected chi connectivity index (χ1v) is 8.98. The average Bonchev–Trinajstić information content (AvgIpc) is 3.02. The van der Waals surface area contributed by atoms with E-state index < -0.39 is 23.0 Å². The van der Waals surface area contributed by atoms with Crippen LogP contribution in [0.25, 0.3) is 0 Å². The van der Waals surface area contributed by atoms with Gasteiger partial charge >= 0.3 is 5.97 Å². The minimum atomic E-state index is -0.564. The summed E-state index contributed by atoms with van der Waals surface area (Å²) in [5, 5.41) is 0.0253. The van der Waals surface area contributed by atoms with Crippen molar-refractivity contribution in [3.8, 4) is 0 Å². The van der Waals surface area contributed by atoms with E-state index >= 15 is 0 Å². The summed E-state index contributed by atoms with van der Waals surface area (Å²) < 4.78 is 0. The molecule has 2 aliphatic heterocycles. The monoisotopic (exact) mass is 368 g/mol. The van der Waals surface area contributed by atoms with Crippen LogP contribution in [-0.2, 0) is 28.8 Å². The van der Waals surface area contributed by atoms with Crippen LogP contribution in [0.5, 0.6) is 0 Å². The second-order valence-corrected chi connectivity index (χ2v) is 7.40. The summed E-state index contributed by atoms with van der Waals surface area (Å²) in [5.74, 6) is -2.21. The van der Waals surface area contributed by atoms with Crippen LogP contribution < -0.4 is 0 Å². The van der Waals surface area contributed by atoms with Crippen molar-refractivity contribution in [1.29, 1.82) is 0 Å². The van der Waals surface area contributed by atoms with Crippen molar-refractivity contribution >= 4 is 42.2 Å². The van der Waals surface area contributed by atoms with Crippen LogP contribution >= 0.6 is 12.6 Å². The van der Waals surface area contributed by atoms with Gasteiger partial charge in [0, 0.05) is 25.8 Å². The molecule has 0 bridgehead atoms. The van der Waals surface area contributed by atoms with Crippen molar-refractivity contribution in [2.24, 2.45) is 11.8 Å². The molecule has 1 unspecified atom stereocenters. The van der Waals surface area contributed by atoms with Crippen LogP contribution in [-0.4, -0.2) is 51.4 Å². The number of hydrogen-bond donors (Lipinski definition) is 1. The minimum Gasteiger partial charge on any atom is -0.330 e. The quantitative estimate of drug-likeness (QED) is 0.571. The largest absolute Gasteiger partial charge is 0.336 e. The molecule has 1 saturated carbocycles. The first-order chi connectivity index (χ1) is 11.9. The van der Waals surface area contributed by atoms with E-state index in [2.05, 4.69) is 12.6 Å². The predicted octanol–water partition coefficient (Wildman–Crippen LogP) is 0.457. The summed E-state index contributed by atoms with van der Waals surface area (Å²) >= 11 is 4.10. The molecule has 0 radical (unpaired) electrons. The Morgan fingerprint density at radius 3 is 2.12 bits per heavy atom. The fourth-order valence-corrected chi connectivity index (χ4v) is 3.81. The molecule has 25 heavy (non-hydrogen) atoms. The number of thiol groups is 1. The molecule has 3 rings (SSSR count). The van der Waals surface area contributed by atoms with E-state index in [9.17, 15) is 24.0 Å². The third-order valence-electron chi connectivity index (χ3n) is 5.03. The molecule has 2 heterocycles. The molecule has 0 spiro atoms. The summed E-state index contributed by atoms with van der Waals surface area (Å²) in [6.45, 7) is 0.361. The third-order valence-corrected chi connectivity index (χ3v) is 5.43. The van der Waals surface area contributed by atoms with Gasteiger partial charge in [-0.2, -0.15) is 12.6 Å². The van der Waals surface area contributed by atoms with Gasteiger partial charge in [0.05, 0.1) is 11.2 Å². The lowest BCUT2D eigenvalue weighted by Crippen LogP contribution is -2.38. The summed E-state index contributed by atoms with van der Waals surface area (Å²) in [6.07, 6.45) is 2.72. The molecule has 1 aliphatic carbocycles. The van der Waals surface area contributed by atoms with E-state index in [-0.39, 0.29) is 42.9 Å². The molecule has 9 heteroatoms. The second-order valence-electron chi connectivity index (χ2n) is 6.77. The van der Waals surface area contributed by atoms with Gasteiger partial charge < -0.3 is 4.84 Å². The summed E-state index contributed by atoms with van der Waals surface area (Å²) in [6, 6.07) is 0. The smallest absolute Gasteiger partial charge is 0.330 e. The lowest BCUT2D eigenvalue weighted by molar-refractivity contribution is -0.201. The van der Waals surface area contributed by atoms with Crippen molar-refractivity contribution in [3.63, 3.8) is 0 Å². The SMILES string of the molecule is O=C1CC(S)C(=O)N1C[C@H]1CC[C@H](C(=O)ON2C(=O)CCC2=O)CC1. The maximum Gasteiger partial charge on any atom is 0.336 e. The first-order valence-electron chi connectivity index (χ1n) is 8.46. The Labute approximate surface area is 150 Å². The molecule has 2 saturated heterocycles. The standard InChI is InChI=1S/C16H20N2O6S/c19-12-5-6-13(20)18(12)24-16(23)10-3-1-9(2-4-10)8-17-14(21)7-11(25)15(17)22/h9-11,25H,1-8H2/t9-,10-,11?. The van der Waals surface area contributed by atoms with Crippen LogP contribution in [0.3, 0.4) is 0 Å². The van der Waals surface area contributed by atoms with Gasteiger partial charge in [0.15, 0.2) is 0 Å². The number of rotatable bonds is 4. The number of carbonyl (C=O) groups is 5. The minimum absolute atomic E-state index is 0.0723. The van der Waals surface area contributed by atoms with Crippen LogP contribution in [0.1, 0.15) is 44.9 Å². The van der Waals surface area contributed by atoms with E-state index in [1.54, 1.807) is 0 Å². The van der Waals surface area contributed by atoms with Gasteiger partial charge in [0.1, 0.15) is 0 Å². The Morgan fingerprint density at radius 2 is 1.60 bits per heavy atom. The number of nitrogens with zero attached hydrogens (tertiary/aromatic N) is 2. The number of imide groups is 2. The molecule has 0 aromatic rings. The highest BCUT2D eigenvalue weighted by molar-refractivity contribution is 7.81. The third kappa shape index (κ3) is 3.70. The molecule has 0 N–H and O–H groups in total. The van der Waals surface area contributed by atoms with Crippen LogP contribution in [0.2, 0.25) is 0 Å². The van der Waals surface area contributed by atoms with E-state index in [0.717, 1.165) is 0 Å². The molecule has 1 atom stereocenters. The molecule has 3 fully saturated rings. The zero-order chi connectivity index (χ0) is 18.1. The zero-order valence-electron chi connectivity index (χ0n) is 13.7. The number of amides is 4. The van der Waals surface area contributed by atoms with Crippen LogP contribution in [0, 0.1) is 11.8 Å². The maximum atomic E-state index is 12.1. The summed E-state index contributed by atoms with van der Waals surface area (Å²) in [4.78, 5) is 65.1. The lowest BCUT2D eigenvalue weighted by atomic mass is 9.82. The molecular formula is C16H20N2O6S. The normalized spacial score (nSPS) is 30.4. The van der Waals surface area contributed by atoms with Crippen molar-refractivity contribution in [2.75, 3.05) is 6.54 Å². The Kier molecular flexibility index (Phi) is 5.12.